The summed E-state index contributed by atoms with van der Waals surface area (Å²) in [5, 5.41) is 3.45. The van der Waals surface area contributed by atoms with Crippen LogP contribution in [0, 0.1) is 6.92 Å². The zero-order chi connectivity index (χ0) is 26.5. The number of amides is 2. The number of benzene rings is 3. The molecule has 0 fully saturated rings. The highest BCUT2D eigenvalue weighted by molar-refractivity contribution is 7.92. The predicted octanol–water partition coefficient (Wildman–Crippen LogP) is 4.66. The van der Waals surface area contributed by atoms with Crippen molar-refractivity contribution in [3.8, 4) is 0 Å². The number of anilines is 1. The topological polar surface area (TPSA) is 86.8 Å². The van der Waals surface area contributed by atoms with E-state index in [0.29, 0.717) is 10.0 Å². The fourth-order valence-corrected chi connectivity index (χ4v) is 5.29. The van der Waals surface area contributed by atoms with Gasteiger partial charge < -0.3 is 10.2 Å². The molecule has 0 aromatic heterocycles. The van der Waals surface area contributed by atoms with Crippen molar-refractivity contribution in [2.75, 3.05) is 17.9 Å². The predicted molar refractivity (Wildman–Crippen MR) is 143 cm³/mol. The number of nitrogens with zero attached hydrogens (tertiary/aromatic N) is 2. The highest BCUT2D eigenvalue weighted by Gasteiger charge is 2.32. The normalized spacial score (nSPS) is 12.0. The van der Waals surface area contributed by atoms with E-state index in [1.165, 1.54) is 30.1 Å². The first kappa shape index (κ1) is 27.5. The molecule has 2 amide bonds. The number of hydrogen-bond acceptors (Lipinski definition) is 4. The minimum Gasteiger partial charge on any atom is -0.357 e. The number of carbonyl (C=O) groups is 2. The van der Waals surface area contributed by atoms with Crippen molar-refractivity contribution in [2.24, 2.45) is 0 Å². The molecule has 3 rings (SSSR count). The highest BCUT2D eigenvalue weighted by atomic mass is 35.5. The van der Waals surface area contributed by atoms with E-state index in [2.05, 4.69) is 5.32 Å². The van der Waals surface area contributed by atoms with Gasteiger partial charge in [0.05, 0.1) is 10.6 Å². The molecule has 1 N–H and O–H groups in total. The molecule has 3 aromatic carbocycles. The lowest BCUT2D eigenvalue weighted by molar-refractivity contribution is -0.139. The maximum atomic E-state index is 13.7. The Labute approximate surface area is 221 Å². The number of rotatable bonds is 9. The average molecular weight is 548 g/mol. The molecule has 3 aromatic rings. The summed E-state index contributed by atoms with van der Waals surface area (Å²) < 4.78 is 28.3. The Hall–Kier alpha value is -3.07. The van der Waals surface area contributed by atoms with Gasteiger partial charge in [0.2, 0.25) is 11.8 Å². The smallest absolute Gasteiger partial charge is 0.264 e. The van der Waals surface area contributed by atoms with Crippen LogP contribution >= 0.6 is 23.2 Å². The van der Waals surface area contributed by atoms with Crippen LogP contribution in [0.2, 0.25) is 10.0 Å². The molecule has 36 heavy (non-hydrogen) atoms. The van der Waals surface area contributed by atoms with Gasteiger partial charge in [0.25, 0.3) is 10.0 Å². The summed E-state index contributed by atoms with van der Waals surface area (Å²) in [7, 11) is -2.66. The van der Waals surface area contributed by atoms with Crippen LogP contribution in [0.5, 0.6) is 0 Å². The van der Waals surface area contributed by atoms with Crippen LogP contribution in [-0.2, 0) is 26.2 Å². The molecular formula is C26H27Cl2N3O4S. The Morgan fingerprint density at radius 3 is 2.19 bits per heavy atom. The number of hydrogen-bond donors (Lipinski definition) is 1. The molecule has 0 aliphatic rings. The monoisotopic (exact) mass is 547 g/mol. The second-order valence-electron chi connectivity index (χ2n) is 8.20. The molecular weight excluding hydrogens is 521 g/mol. The number of aryl methyl sites for hydroxylation is 1. The van der Waals surface area contributed by atoms with Gasteiger partial charge >= 0.3 is 0 Å². The number of nitrogens with one attached hydrogen (secondary N) is 1. The molecule has 0 saturated heterocycles. The van der Waals surface area contributed by atoms with Crippen LogP contribution in [0.4, 0.5) is 5.69 Å². The lowest BCUT2D eigenvalue weighted by atomic mass is 10.1. The van der Waals surface area contributed by atoms with E-state index in [-0.39, 0.29) is 23.0 Å². The molecule has 10 heteroatoms. The molecule has 190 valence electrons. The summed E-state index contributed by atoms with van der Waals surface area (Å²) in [4.78, 5) is 27.5. The summed E-state index contributed by atoms with van der Waals surface area (Å²) >= 11 is 12.3. The van der Waals surface area contributed by atoms with Crippen LogP contribution in [0.15, 0.2) is 77.7 Å². The SMILES string of the molecule is CNC(=O)[C@@H](C)N(Cc1ccc(Cl)cc1)C(=O)CN(c1ccc(C)c(Cl)c1)S(=O)(=O)c1ccccc1. The van der Waals surface area contributed by atoms with Crippen molar-refractivity contribution < 1.29 is 18.0 Å². The zero-order valence-corrected chi connectivity index (χ0v) is 22.4. The van der Waals surface area contributed by atoms with Gasteiger partial charge in [-0.15, -0.1) is 0 Å². The fourth-order valence-electron chi connectivity index (χ4n) is 3.56. The Morgan fingerprint density at radius 2 is 1.61 bits per heavy atom. The maximum Gasteiger partial charge on any atom is 0.264 e. The Kier molecular flexibility index (Phi) is 9.00. The lowest BCUT2D eigenvalue weighted by Gasteiger charge is -2.32. The Balaban J connectivity index is 2.04. The number of likely N-dealkylation sites (N-methyl/N-ethyl adjacent to an activating group) is 1. The van der Waals surface area contributed by atoms with Crippen molar-refractivity contribution in [3.63, 3.8) is 0 Å². The number of halogens is 2. The first-order valence-electron chi connectivity index (χ1n) is 11.1. The molecule has 0 unspecified atom stereocenters. The van der Waals surface area contributed by atoms with Crippen LogP contribution in [0.1, 0.15) is 18.1 Å². The van der Waals surface area contributed by atoms with Gasteiger partial charge in [0.15, 0.2) is 0 Å². The van der Waals surface area contributed by atoms with Gasteiger partial charge in [-0.2, -0.15) is 0 Å². The van der Waals surface area contributed by atoms with Gasteiger partial charge in [-0.1, -0.05) is 59.6 Å². The summed E-state index contributed by atoms with van der Waals surface area (Å²) in [5.74, 6) is -0.939. The third-order valence-corrected chi connectivity index (χ3v) is 8.18. The third kappa shape index (κ3) is 6.37. The largest absolute Gasteiger partial charge is 0.357 e. The maximum absolute atomic E-state index is 13.7. The van der Waals surface area contributed by atoms with E-state index in [9.17, 15) is 18.0 Å². The third-order valence-electron chi connectivity index (χ3n) is 5.73. The van der Waals surface area contributed by atoms with Crippen LogP contribution in [-0.4, -0.2) is 44.8 Å². The first-order chi connectivity index (χ1) is 17.0. The number of sulfonamides is 1. The molecule has 0 heterocycles. The van der Waals surface area contributed by atoms with Crippen molar-refractivity contribution >= 4 is 50.7 Å². The molecule has 0 bridgehead atoms. The second-order valence-corrected chi connectivity index (χ2v) is 10.9. The minimum absolute atomic E-state index is 0.0260. The molecule has 0 saturated carbocycles. The second kappa shape index (κ2) is 11.8. The van der Waals surface area contributed by atoms with Crippen molar-refractivity contribution in [1.82, 2.24) is 10.2 Å². The summed E-state index contributed by atoms with van der Waals surface area (Å²) in [5.41, 5.74) is 1.74. The van der Waals surface area contributed by atoms with Crippen LogP contribution in [0.25, 0.3) is 0 Å². The summed E-state index contributed by atoms with van der Waals surface area (Å²) in [6, 6.07) is 18.6. The van der Waals surface area contributed by atoms with Gasteiger partial charge in [0, 0.05) is 23.6 Å². The van der Waals surface area contributed by atoms with Crippen molar-refractivity contribution in [1.29, 1.82) is 0 Å². The average Bonchev–Trinajstić information content (AvgIpc) is 2.88. The first-order valence-corrected chi connectivity index (χ1v) is 13.3. The molecule has 0 radical (unpaired) electrons. The number of carbonyl (C=O) groups excluding carboxylic acids is 2. The van der Waals surface area contributed by atoms with Crippen LogP contribution < -0.4 is 9.62 Å². The standard InChI is InChI=1S/C26H27Cl2N3O4S/c1-18-9-14-22(15-24(18)28)31(36(34,35)23-7-5-4-6-8-23)17-25(32)30(19(2)26(33)29-3)16-20-10-12-21(27)13-11-20/h4-15,19H,16-17H2,1-3H3,(H,29,33)/t19-/m1/s1. The highest BCUT2D eigenvalue weighted by Crippen LogP contribution is 2.28. The van der Waals surface area contributed by atoms with Crippen molar-refractivity contribution in [3.05, 3.63) is 94.0 Å². The molecule has 0 aliphatic heterocycles. The summed E-state index contributed by atoms with van der Waals surface area (Å²) in [6.07, 6.45) is 0. The minimum atomic E-state index is -4.13. The van der Waals surface area contributed by atoms with E-state index < -0.39 is 28.5 Å². The molecule has 0 spiro atoms. The van der Waals surface area contributed by atoms with Crippen molar-refractivity contribution in [2.45, 2.75) is 31.3 Å². The van der Waals surface area contributed by atoms with Gasteiger partial charge in [-0.3, -0.25) is 13.9 Å². The van der Waals surface area contributed by atoms with Gasteiger partial charge in [-0.25, -0.2) is 8.42 Å². The zero-order valence-electron chi connectivity index (χ0n) is 20.1. The van der Waals surface area contributed by atoms with E-state index in [1.54, 1.807) is 68.4 Å². The van der Waals surface area contributed by atoms with Gasteiger partial charge in [0.1, 0.15) is 12.6 Å². The molecule has 0 aliphatic carbocycles. The summed E-state index contributed by atoms with van der Waals surface area (Å²) in [6.45, 7) is 2.93. The Bertz CT molecular complexity index is 1330. The van der Waals surface area contributed by atoms with E-state index in [0.717, 1.165) is 15.4 Å². The van der Waals surface area contributed by atoms with Crippen LogP contribution in [0.3, 0.4) is 0 Å². The van der Waals surface area contributed by atoms with E-state index in [1.807, 2.05) is 0 Å². The molecule has 1 atom stereocenters. The quantitative estimate of drug-likeness (QED) is 0.422. The Morgan fingerprint density at radius 1 is 0.972 bits per heavy atom. The van der Waals surface area contributed by atoms with E-state index >= 15 is 0 Å². The van der Waals surface area contributed by atoms with E-state index in [4.69, 9.17) is 23.2 Å². The fraction of sp³-hybridized carbons (Fsp3) is 0.231. The lowest BCUT2D eigenvalue weighted by Crippen LogP contribution is -2.50. The van der Waals surface area contributed by atoms with Gasteiger partial charge in [-0.05, 0) is 61.4 Å². The molecule has 7 nitrogen and oxygen atoms in total.